The highest BCUT2D eigenvalue weighted by Gasteiger charge is 2.30. The number of ether oxygens (including phenoxy) is 2. The zero-order chi connectivity index (χ0) is 16.8. The minimum atomic E-state index is -0.374. The van der Waals surface area contributed by atoms with Gasteiger partial charge in [-0.3, -0.25) is 0 Å². The van der Waals surface area contributed by atoms with Crippen LogP contribution in [0.3, 0.4) is 0 Å². The monoisotopic (exact) mass is 352 g/mol. The van der Waals surface area contributed by atoms with Crippen LogP contribution >= 0.6 is 24.0 Å². The first-order valence-electron chi connectivity index (χ1n) is 7.15. The lowest BCUT2D eigenvalue weighted by Crippen LogP contribution is -2.45. The van der Waals surface area contributed by atoms with E-state index in [4.69, 9.17) is 21.7 Å². The third kappa shape index (κ3) is 4.46. The van der Waals surface area contributed by atoms with E-state index in [9.17, 15) is 4.79 Å². The Morgan fingerprint density at radius 2 is 2.00 bits per heavy atom. The van der Waals surface area contributed by atoms with Crippen molar-refractivity contribution in [1.82, 2.24) is 10.6 Å². The van der Waals surface area contributed by atoms with E-state index in [0.717, 1.165) is 10.5 Å². The Kier molecular flexibility index (Phi) is 6.44. The molecule has 0 saturated carbocycles. The lowest BCUT2D eigenvalue weighted by molar-refractivity contribution is -0.140. The first kappa shape index (κ1) is 17.8. The molecule has 0 spiro atoms. The summed E-state index contributed by atoms with van der Waals surface area (Å²) in [5.74, 6) is -0.374. The fourth-order valence-electron chi connectivity index (χ4n) is 2.31. The summed E-state index contributed by atoms with van der Waals surface area (Å²) >= 11 is 6.89. The van der Waals surface area contributed by atoms with Gasteiger partial charge in [0.15, 0.2) is 5.11 Å². The number of allylic oxidation sites excluding steroid dienone is 1. The molecule has 1 atom stereocenters. The standard InChI is InChI=1S/C16H20N2O3S2/c1-10-13(15(19)21-9-8-20-2)14(18-16(22)17-10)11-4-6-12(23-3)7-5-11/h4-7,14H,8-9H2,1-3H3,(H2,17,18,22)/t14-/m0/s1. The van der Waals surface area contributed by atoms with Crippen molar-refractivity contribution < 1.29 is 14.3 Å². The molecule has 1 aromatic carbocycles. The minimum absolute atomic E-state index is 0.217. The molecule has 1 aliphatic heterocycles. The van der Waals surface area contributed by atoms with Gasteiger partial charge in [-0.15, -0.1) is 11.8 Å². The number of thiocarbonyl (C=S) groups is 1. The maximum Gasteiger partial charge on any atom is 0.338 e. The molecule has 2 N–H and O–H groups in total. The predicted molar refractivity (Wildman–Crippen MR) is 95.4 cm³/mol. The van der Waals surface area contributed by atoms with Gasteiger partial charge in [0.1, 0.15) is 6.61 Å². The third-order valence-electron chi connectivity index (χ3n) is 3.46. The lowest BCUT2D eigenvalue weighted by atomic mass is 9.96. The summed E-state index contributed by atoms with van der Waals surface area (Å²) < 4.78 is 10.2. The number of rotatable bonds is 6. The van der Waals surface area contributed by atoms with Crippen LogP contribution in [-0.4, -0.2) is 37.7 Å². The number of thioether (sulfide) groups is 1. The molecule has 23 heavy (non-hydrogen) atoms. The Morgan fingerprint density at radius 3 is 2.61 bits per heavy atom. The van der Waals surface area contributed by atoms with Crippen molar-refractivity contribution in [3.8, 4) is 0 Å². The molecular formula is C16H20N2O3S2. The SMILES string of the molecule is COCCOC(=O)C1=C(C)NC(=S)N[C@H]1c1ccc(SC)cc1. The van der Waals surface area contributed by atoms with E-state index in [1.165, 1.54) is 0 Å². The fraction of sp³-hybridized carbons (Fsp3) is 0.375. The second-order valence-electron chi connectivity index (χ2n) is 4.97. The van der Waals surface area contributed by atoms with E-state index < -0.39 is 0 Å². The van der Waals surface area contributed by atoms with Gasteiger partial charge < -0.3 is 20.1 Å². The number of benzene rings is 1. The Labute approximate surface area is 145 Å². The maximum atomic E-state index is 12.4. The van der Waals surface area contributed by atoms with Crippen LogP contribution in [-0.2, 0) is 14.3 Å². The van der Waals surface area contributed by atoms with E-state index in [2.05, 4.69) is 10.6 Å². The normalized spacial score (nSPS) is 17.5. The number of hydrogen-bond acceptors (Lipinski definition) is 5. The summed E-state index contributed by atoms with van der Waals surface area (Å²) in [6, 6.07) is 7.71. The summed E-state index contributed by atoms with van der Waals surface area (Å²) in [6.45, 7) is 2.41. The van der Waals surface area contributed by atoms with Crippen molar-refractivity contribution in [3.63, 3.8) is 0 Å². The smallest absolute Gasteiger partial charge is 0.338 e. The van der Waals surface area contributed by atoms with Gasteiger partial charge in [0, 0.05) is 17.7 Å². The third-order valence-corrected chi connectivity index (χ3v) is 4.42. The first-order chi connectivity index (χ1) is 11.1. The van der Waals surface area contributed by atoms with Crippen LogP contribution in [0, 0.1) is 0 Å². The number of hydrogen-bond donors (Lipinski definition) is 2. The zero-order valence-corrected chi connectivity index (χ0v) is 15.0. The van der Waals surface area contributed by atoms with Crippen LogP contribution < -0.4 is 10.6 Å². The zero-order valence-electron chi connectivity index (χ0n) is 13.3. The van der Waals surface area contributed by atoms with Crippen molar-refractivity contribution in [2.24, 2.45) is 0 Å². The van der Waals surface area contributed by atoms with Gasteiger partial charge in [0.25, 0.3) is 0 Å². The summed E-state index contributed by atoms with van der Waals surface area (Å²) in [6.07, 6.45) is 2.02. The van der Waals surface area contributed by atoms with Crippen molar-refractivity contribution in [1.29, 1.82) is 0 Å². The van der Waals surface area contributed by atoms with Crippen LogP contribution in [0.2, 0.25) is 0 Å². The quantitative estimate of drug-likeness (QED) is 0.353. The topological polar surface area (TPSA) is 59.6 Å². The van der Waals surface area contributed by atoms with E-state index >= 15 is 0 Å². The molecule has 2 rings (SSSR count). The Bertz CT molecular complexity index is 614. The summed E-state index contributed by atoms with van der Waals surface area (Å²) in [5, 5.41) is 6.63. The molecule has 7 heteroatoms. The Balaban J connectivity index is 2.27. The van der Waals surface area contributed by atoms with Crippen LogP contribution in [0.15, 0.2) is 40.4 Å². The molecule has 0 fully saturated rings. The molecule has 0 radical (unpaired) electrons. The molecule has 0 amide bonds. The number of carbonyl (C=O) groups excluding carboxylic acids is 1. The van der Waals surface area contributed by atoms with E-state index in [-0.39, 0.29) is 18.6 Å². The van der Waals surface area contributed by atoms with Gasteiger partial charge >= 0.3 is 5.97 Å². The molecular weight excluding hydrogens is 332 g/mol. The van der Waals surface area contributed by atoms with Crippen molar-refractivity contribution in [2.75, 3.05) is 26.6 Å². The molecule has 1 heterocycles. The number of methoxy groups -OCH3 is 1. The Hall–Kier alpha value is -1.57. The predicted octanol–water partition coefficient (Wildman–Crippen LogP) is 2.39. The minimum Gasteiger partial charge on any atom is -0.460 e. The van der Waals surface area contributed by atoms with Gasteiger partial charge in [-0.25, -0.2) is 4.79 Å². The largest absolute Gasteiger partial charge is 0.460 e. The fourth-order valence-corrected chi connectivity index (χ4v) is 2.99. The van der Waals surface area contributed by atoms with Gasteiger partial charge in [0.2, 0.25) is 0 Å². The van der Waals surface area contributed by atoms with Gasteiger partial charge in [-0.2, -0.15) is 0 Å². The maximum absolute atomic E-state index is 12.4. The Morgan fingerprint density at radius 1 is 1.30 bits per heavy atom. The van der Waals surface area contributed by atoms with Crippen LogP contribution in [0.1, 0.15) is 18.5 Å². The molecule has 0 saturated heterocycles. The average molecular weight is 352 g/mol. The van der Waals surface area contributed by atoms with E-state index in [1.807, 2.05) is 37.4 Å². The highest BCUT2D eigenvalue weighted by atomic mass is 32.2. The van der Waals surface area contributed by atoms with Crippen LogP contribution in [0.4, 0.5) is 0 Å². The molecule has 0 unspecified atom stereocenters. The molecule has 1 aliphatic rings. The van der Waals surface area contributed by atoms with E-state index in [1.54, 1.807) is 18.9 Å². The highest BCUT2D eigenvalue weighted by Crippen LogP contribution is 2.28. The highest BCUT2D eigenvalue weighted by molar-refractivity contribution is 7.98. The van der Waals surface area contributed by atoms with Gasteiger partial charge in [0.05, 0.1) is 18.2 Å². The van der Waals surface area contributed by atoms with Crippen molar-refractivity contribution >= 4 is 35.1 Å². The lowest BCUT2D eigenvalue weighted by Gasteiger charge is -2.30. The van der Waals surface area contributed by atoms with E-state index in [0.29, 0.717) is 23.0 Å². The summed E-state index contributed by atoms with van der Waals surface area (Å²) in [7, 11) is 1.57. The summed E-state index contributed by atoms with van der Waals surface area (Å²) in [5.41, 5.74) is 2.20. The second kappa shape index (κ2) is 8.33. The van der Waals surface area contributed by atoms with Gasteiger partial charge in [-0.05, 0) is 43.1 Å². The number of nitrogens with one attached hydrogen (secondary N) is 2. The van der Waals surface area contributed by atoms with Gasteiger partial charge in [-0.1, -0.05) is 12.1 Å². The summed E-state index contributed by atoms with van der Waals surface area (Å²) in [4.78, 5) is 13.6. The molecule has 124 valence electrons. The van der Waals surface area contributed by atoms with Crippen LogP contribution in [0.25, 0.3) is 0 Å². The number of carbonyl (C=O) groups is 1. The molecule has 1 aromatic rings. The molecule has 0 aliphatic carbocycles. The average Bonchev–Trinajstić information content (AvgIpc) is 2.54. The van der Waals surface area contributed by atoms with Crippen molar-refractivity contribution in [3.05, 3.63) is 41.1 Å². The van der Waals surface area contributed by atoms with Crippen molar-refractivity contribution in [2.45, 2.75) is 17.9 Å². The second-order valence-corrected chi connectivity index (χ2v) is 6.26. The van der Waals surface area contributed by atoms with Crippen LogP contribution in [0.5, 0.6) is 0 Å². The first-order valence-corrected chi connectivity index (χ1v) is 8.78. The molecule has 0 bridgehead atoms. The molecule has 5 nitrogen and oxygen atoms in total. The number of esters is 1. The molecule has 0 aromatic heterocycles.